The zero-order valence-electron chi connectivity index (χ0n) is 17.1. The SMILES string of the molecule is Cn1nccc1C(=O)N1C[C@@H]2Cn3cc(C(=O)NCc4ccccc4)c(=O)nc3[C@@H]2C1. The molecular weight excluding hydrogens is 396 g/mol. The van der Waals surface area contributed by atoms with Crippen LogP contribution in [-0.2, 0) is 20.1 Å². The number of benzene rings is 1. The molecule has 31 heavy (non-hydrogen) atoms. The summed E-state index contributed by atoms with van der Waals surface area (Å²) >= 11 is 0. The van der Waals surface area contributed by atoms with E-state index < -0.39 is 11.5 Å². The lowest BCUT2D eigenvalue weighted by Gasteiger charge is -2.18. The summed E-state index contributed by atoms with van der Waals surface area (Å²) in [5.41, 5.74) is 1.00. The summed E-state index contributed by atoms with van der Waals surface area (Å²) in [5.74, 6) is 0.315. The van der Waals surface area contributed by atoms with Crippen LogP contribution in [-0.4, -0.2) is 49.1 Å². The lowest BCUT2D eigenvalue weighted by molar-refractivity contribution is 0.0772. The van der Waals surface area contributed by atoms with Crippen LogP contribution in [0.15, 0.2) is 53.6 Å². The number of hydrogen-bond donors (Lipinski definition) is 1. The molecule has 158 valence electrons. The first-order chi connectivity index (χ1) is 15.0. The van der Waals surface area contributed by atoms with E-state index in [4.69, 9.17) is 0 Å². The Morgan fingerprint density at radius 2 is 1.94 bits per heavy atom. The minimum Gasteiger partial charge on any atom is -0.348 e. The third kappa shape index (κ3) is 3.41. The van der Waals surface area contributed by atoms with Crippen molar-refractivity contribution >= 4 is 11.8 Å². The molecule has 2 atom stereocenters. The van der Waals surface area contributed by atoms with Gasteiger partial charge in [-0.1, -0.05) is 30.3 Å². The first kappa shape index (κ1) is 19.2. The number of aromatic nitrogens is 4. The van der Waals surface area contributed by atoms with E-state index in [0.717, 1.165) is 5.56 Å². The van der Waals surface area contributed by atoms with Gasteiger partial charge >= 0.3 is 0 Å². The van der Waals surface area contributed by atoms with Crippen LogP contribution in [0.2, 0.25) is 0 Å². The van der Waals surface area contributed by atoms with Crippen molar-refractivity contribution in [3.8, 4) is 0 Å². The van der Waals surface area contributed by atoms with E-state index in [-0.39, 0.29) is 23.3 Å². The molecule has 1 aromatic carbocycles. The molecule has 5 rings (SSSR count). The molecule has 1 fully saturated rings. The first-order valence-corrected chi connectivity index (χ1v) is 10.2. The number of nitrogens with zero attached hydrogens (tertiary/aromatic N) is 5. The lowest BCUT2D eigenvalue weighted by Crippen LogP contribution is -2.33. The van der Waals surface area contributed by atoms with Gasteiger partial charge in [0.2, 0.25) is 0 Å². The van der Waals surface area contributed by atoms with Gasteiger partial charge in [-0.15, -0.1) is 0 Å². The number of aryl methyl sites for hydroxylation is 1. The highest BCUT2D eigenvalue weighted by Crippen LogP contribution is 2.38. The molecule has 1 N–H and O–H groups in total. The van der Waals surface area contributed by atoms with Gasteiger partial charge < -0.3 is 14.8 Å². The molecule has 1 saturated heterocycles. The smallest absolute Gasteiger partial charge is 0.285 e. The Hall–Kier alpha value is -3.75. The molecule has 2 aliphatic heterocycles. The summed E-state index contributed by atoms with van der Waals surface area (Å²) in [7, 11) is 1.74. The molecular formula is C22H22N6O3. The van der Waals surface area contributed by atoms with Crippen molar-refractivity contribution < 1.29 is 9.59 Å². The molecule has 2 amide bonds. The molecule has 0 unspecified atom stereocenters. The molecule has 0 saturated carbocycles. The highest BCUT2D eigenvalue weighted by Gasteiger charge is 2.43. The van der Waals surface area contributed by atoms with Crippen molar-refractivity contribution in [1.29, 1.82) is 0 Å². The summed E-state index contributed by atoms with van der Waals surface area (Å²) in [4.78, 5) is 44.0. The summed E-state index contributed by atoms with van der Waals surface area (Å²) in [6, 6.07) is 11.2. The molecule has 9 heteroatoms. The number of nitrogens with one attached hydrogen (secondary N) is 1. The normalized spacial score (nSPS) is 19.2. The minimum atomic E-state index is -0.533. The van der Waals surface area contributed by atoms with Crippen LogP contribution in [0.1, 0.15) is 38.2 Å². The van der Waals surface area contributed by atoms with E-state index >= 15 is 0 Å². The number of likely N-dealkylation sites (tertiary alicyclic amines) is 1. The Kier molecular flexibility index (Phi) is 4.65. The first-order valence-electron chi connectivity index (χ1n) is 10.2. The van der Waals surface area contributed by atoms with Crippen LogP contribution in [0.3, 0.4) is 0 Å². The average Bonchev–Trinajstić information content (AvgIpc) is 3.46. The van der Waals surface area contributed by atoms with Crippen LogP contribution in [0.4, 0.5) is 0 Å². The maximum absolute atomic E-state index is 12.8. The summed E-state index contributed by atoms with van der Waals surface area (Å²) in [5, 5.41) is 6.85. The summed E-state index contributed by atoms with van der Waals surface area (Å²) < 4.78 is 3.45. The Balaban J connectivity index is 1.31. The Labute approximate surface area is 178 Å². The molecule has 4 heterocycles. The third-order valence-corrected chi connectivity index (χ3v) is 6.10. The monoisotopic (exact) mass is 418 g/mol. The van der Waals surface area contributed by atoms with Crippen molar-refractivity contribution in [2.45, 2.75) is 19.0 Å². The van der Waals surface area contributed by atoms with E-state index in [2.05, 4.69) is 15.4 Å². The highest BCUT2D eigenvalue weighted by atomic mass is 16.2. The van der Waals surface area contributed by atoms with Gasteiger partial charge in [0, 0.05) is 57.5 Å². The topological polar surface area (TPSA) is 102 Å². The summed E-state index contributed by atoms with van der Waals surface area (Å²) in [6.07, 6.45) is 3.21. The maximum atomic E-state index is 12.8. The fourth-order valence-electron chi connectivity index (χ4n) is 4.49. The number of amides is 2. The quantitative estimate of drug-likeness (QED) is 0.675. The van der Waals surface area contributed by atoms with Crippen molar-refractivity contribution in [2.75, 3.05) is 13.1 Å². The molecule has 0 aliphatic carbocycles. The van der Waals surface area contributed by atoms with Gasteiger partial charge in [0.25, 0.3) is 17.4 Å². The van der Waals surface area contributed by atoms with Gasteiger partial charge in [-0.05, 0) is 11.6 Å². The highest BCUT2D eigenvalue weighted by molar-refractivity contribution is 5.93. The Morgan fingerprint density at radius 3 is 2.68 bits per heavy atom. The van der Waals surface area contributed by atoms with Crippen molar-refractivity contribution in [2.24, 2.45) is 13.0 Å². The van der Waals surface area contributed by atoms with Crippen molar-refractivity contribution in [1.82, 2.24) is 29.5 Å². The van der Waals surface area contributed by atoms with Crippen LogP contribution in [0.5, 0.6) is 0 Å². The minimum absolute atomic E-state index is 0.00805. The largest absolute Gasteiger partial charge is 0.348 e. The van der Waals surface area contributed by atoms with Gasteiger partial charge in [0.1, 0.15) is 17.1 Å². The van der Waals surface area contributed by atoms with Crippen LogP contribution < -0.4 is 10.9 Å². The molecule has 3 aromatic rings. The third-order valence-electron chi connectivity index (χ3n) is 6.10. The molecule has 9 nitrogen and oxygen atoms in total. The number of hydrogen-bond acceptors (Lipinski definition) is 5. The van der Waals surface area contributed by atoms with E-state index in [9.17, 15) is 14.4 Å². The Morgan fingerprint density at radius 1 is 1.13 bits per heavy atom. The molecule has 2 aliphatic rings. The second-order valence-corrected chi connectivity index (χ2v) is 8.06. The average molecular weight is 418 g/mol. The van der Waals surface area contributed by atoms with E-state index in [1.807, 2.05) is 34.9 Å². The zero-order valence-corrected chi connectivity index (χ0v) is 17.1. The molecule has 0 radical (unpaired) electrons. The fraction of sp³-hybridized carbons (Fsp3) is 0.318. The van der Waals surface area contributed by atoms with Gasteiger partial charge in [0.15, 0.2) is 0 Å². The van der Waals surface area contributed by atoms with E-state index in [1.165, 1.54) is 0 Å². The molecule has 2 aromatic heterocycles. The van der Waals surface area contributed by atoms with Crippen molar-refractivity contribution in [3.05, 3.63) is 81.8 Å². The zero-order chi connectivity index (χ0) is 21.5. The predicted octanol–water partition coefficient (Wildman–Crippen LogP) is 0.776. The van der Waals surface area contributed by atoms with Crippen LogP contribution in [0, 0.1) is 5.92 Å². The fourth-order valence-corrected chi connectivity index (χ4v) is 4.49. The van der Waals surface area contributed by atoms with E-state index in [0.29, 0.717) is 37.7 Å². The van der Waals surface area contributed by atoms with Gasteiger partial charge in [-0.25, -0.2) is 0 Å². The predicted molar refractivity (Wildman–Crippen MR) is 111 cm³/mol. The van der Waals surface area contributed by atoms with Crippen molar-refractivity contribution in [3.63, 3.8) is 0 Å². The number of rotatable bonds is 4. The summed E-state index contributed by atoms with van der Waals surface area (Å²) in [6.45, 7) is 2.06. The Bertz CT molecular complexity index is 1220. The van der Waals surface area contributed by atoms with Gasteiger partial charge in [0.05, 0.1) is 0 Å². The van der Waals surface area contributed by atoms with Gasteiger partial charge in [-0.2, -0.15) is 10.1 Å². The van der Waals surface area contributed by atoms with E-state index in [1.54, 1.807) is 35.1 Å². The molecule has 0 bridgehead atoms. The van der Waals surface area contributed by atoms with Crippen LogP contribution in [0.25, 0.3) is 0 Å². The maximum Gasteiger partial charge on any atom is 0.285 e. The standard InChI is InChI=1S/C22H22N6O3/c1-26-18(7-8-24-26)22(31)28-11-15-10-27-13-17(21(30)25-19(27)16(15)12-28)20(29)23-9-14-5-3-2-4-6-14/h2-8,13,15-16H,9-12H2,1H3,(H,23,29)/t15-,16+/m0/s1. The molecule has 0 spiro atoms. The van der Waals surface area contributed by atoms with Gasteiger partial charge in [-0.3, -0.25) is 19.1 Å². The van der Waals surface area contributed by atoms with Crippen LogP contribution >= 0.6 is 0 Å². The number of carbonyl (C=O) groups is 2. The second kappa shape index (κ2) is 7.50. The number of carbonyl (C=O) groups excluding carboxylic acids is 2. The lowest BCUT2D eigenvalue weighted by atomic mass is 9.99. The number of fused-ring (bicyclic) bond motifs is 3. The second-order valence-electron chi connectivity index (χ2n) is 8.06.